The van der Waals surface area contributed by atoms with Crippen LogP contribution < -0.4 is 0 Å². The summed E-state index contributed by atoms with van der Waals surface area (Å²) in [5.41, 5.74) is 0. The maximum atomic E-state index is 11.1. The van der Waals surface area contributed by atoms with Gasteiger partial charge in [0.05, 0.1) is 13.0 Å². The molecule has 0 radical (unpaired) electrons. The van der Waals surface area contributed by atoms with E-state index in [2.05, 4.69) is 4.74 Å². The number of hydrogen-bond donors (Lipinski definition) is 3. The normalized spacial score (nSPS) is 12.8. The van der Waals surface area contributed by atoms with Crippen LogP contribution in [-0.4, -0.2) is 33.3 Å². The Balaban J connectivity index is 3.74. The molecule has 78 valence electrons. The Morgan fingerprint density at radius 2 is 1.69 bits per heavy atom. The number of aliphatic hydroxyl groups is 3. The Kier molecular flexibility index (Phi) is 6.24. The van der Waals surface area contributed by atoms with E-state index in [4.69, 9.17) is 15.3 Å². The highest BCUT2D eigenvalue weighted by atomic mass is 127. The van der Waals surface area contributed by atoms with Gasteiger partial charge in [0, 0.05) is 0 Å². The highest BCUT2D eigenvalue weighted by molar-refractivity contribution is 14.3. The number of rotatable bonds is 4. The third-order valence-corrected chi connectivity index (χ3v) is 2.22. The van der Waals surface area contributed by atoms with E-state index in [-0.39, 0.29) is 6.61 Å². The van der Waals surface area contributed by atoms with Crippen molar-refractivity contribution in [2.45, 2.75) is 11.8 Å². The smallest absolute Gasteiger partial charge is 0.342 e. The molecule has 0 spiro atoms. The van der Waals surface area contributed by atoms with E-state index in [9.17, 15) is 4.79 Å². The molecular formula is C5H7I3O5. The van der Waals surface area contributed by atoms with Gasteiger partial charge in [-0.25, -0.2) is 4.79 Å². The Morgan fingerprint density at radius 3 is 2.00 bits per heavy atom. The van der Waals surface area contributed by atoms with Crippen molar-refractivity contribution in [3.63, 3.8) is 0 Å². The quantitative estimate of drug-likeness (QED) is 0.215. The fourth-order valence-corrected chi connectivity index (χ4v) is 0.830. The second-order valence-corrected chi connectivity index (χ2v) is 13.2. The first-order valence-electron chi connectivity index (χ1n) is 3.04. The molecule has 0 bridgehead atoms. The summed E-state index contributed by atoms with van der Waals surface area (Å²) in [6, 6.07) is 0. The minimum Gasteiger partial charge on any atom is -0.463 e. The second kappa shape index (κ2) is 5.58. The molecule has 0 saturated carbocycles. The average Bonchev–Trinajstić information content (AvgIpc) is 1.82. The first-order valence-corrected chi connectivity index (χ1v) is 6.27. The zero-order valence-corrected chi connectivity index (χ0v) is 12.7. The molecule has 8 heteroatoms. The van der Waals surface area contributed by atoms with Crippen LogP contribution in [0.5, 0.6) is 0 Å². The lowest BCUT2D eigenvalue weighted by Gasteiger charge is -2.15. The molecule has 0 aliphatic heterocycles. The van der Waals surface area contributed by atoms with Crippen molar-refractivity contribution in [1.29, 1.82) is 0 Å². The zero-order valence-electron chi connectivity index (χ0n) is 6.21. The molecule has 0 rings (SSSR count). The van der Waals surface area contributed by atoms with E-state index in [0.29, 0.717) is 0 Å². The molecule has 0 unspecified atom stereocenters. The minimum atomic E-state index is -2.77. The minimum absolute atomic E-state index is 0.237. The van der Waals surface area contributed by atoms with Crippen LogP contribution in [-0.2, 0) is 9.53 Å². The van der Waals surface area contributed by atoms with E-state index in [1.54, 1.807) is 0 Å². The molecule has 0 aromatic rings. The monoisotopic (exact) mass is 528 g/mol. The number of carbonyl (C=O) groups excluding carboxylic acids is 1. The molecular weight excluding hydrogens is 521 g/mol. The van der Waals surface area contributed by atoms with Gasteiger partial charge in [-0.15, -0.1) is 0 Å². The van der Waals surface area contributed by atoms with Crippen LogP contribution >= 0.6 is 67.8 Å². The number of esters is 1. The van der Waals surface area contributed by atoms with Gasteiger partial charge in [0.15, 0.2) is 0 Å². The van der Waals surface area contributed by atoms with Crippen molar-refractivity contribution in [3.05, 3.63) is 0 Å². The summed E-state index contributed by atoms with van der Waals surface area (Å²) in [6.07, 6.45) is -0.432. The van der Waals surface area contributed by atoms with Crippen molar-refractivity contribution in [2.24, 2.45) is 0 Å². The molecule has 0 atom stereocenters. The van der Waals surface area contributed by atoms with E-state index < -0.39 is 17.8 Å². The van der Waals surface area contributed by atoms with Crippen molar-refractivity contribution in [3.8, 4) is 0 Å². The first-order chi connectivity index (χ1) is 5.63. The van der Waals surface area contributed by atoms with Crippen LogP contribution in [0.15, 0.2) is 0 Å². The van der Waals surface area contributed by atoms with Crippen LogP contribution in [0.2, 0.25) is 0 Å². The fraction of sp³-hybridized carbons (Fsp3) is 0.800. The standard InChI is InChI=1S/C5H7I3O5/c6-5(7,8)3(9)13-2-1-4(10,11)12/h10-12H,1-2H2. The molecule has 0 aliphatic rings. The summed E-state index contributed by atoms with van der Waals surface area (Å²) in [7, 11) is 0. The molecule has 0 aromatic carbocycles. The van der Waals surface area contributed by atoms with Gasteiger partial charge in [0.25, 0.3) is 5.97 Å². The summed E-state index contributed by atoms with van der Waals surface area (Å²) in [4.78, 5) is 11.1. The highest BCUT2D eigenvalue weighted by Crippen LogP contribution is 2.36. The first kappa shape index (κ1) is 14.5. The van der Waals surface area contributed by atoms with E-state index in [0.717, 1.165) is 0 Å². The van der Waals surface area contributed by atoms with Gasteiger partial charge in [0.2, 0.25) is -0.565 Å². The summed E-state index contributed by atoms with van der Waals surface area (Å²) >= 11 is 5.62. The van der Waals surface area contributed by atoms with Gasteiger partial charge >= 0.3 is 5.97 Å². The predicted molar refractivity (Wildman–Crippen MR) is 69.8 cm³/mol. The number of carbonyl (C=O) groups is 1. The zero-order chi connectivity index (χ0) is 10.7. The Bertz CT molecular complexity index is 182. The molecule has 0 aromatic heterocycles. The van der Waals surface area contributed by atoms with Crippen LogP contribution in [0.3, 0.4) is 0 Å². The lowest BCUT2D eigenvalue weighted by atomic mass is 10.4. The predicted octanol–water partition coefficient (Wildman–Crippen LogP) is 0.509. The van der Waals surface area contributed by atoms with Gasteiger partial charge in [-0.1, -0.05) is 0 Å². The summed E-state index contributed by atoms with van der Waals surface area (Å²) in [6.45, 7) is -0.237. The molecule has 3 N–H and O–H groups in total. The van der Waals surface area contributed by atoms with Gasteiger partial charge in [-0.05, 0) is 67.8 Å². The topological polar surface area (TPSA) is 87.0 Å². The van der Waals surface area contributed by atoms with Gasteiger partial charge in [-0.2, -0.15) is 0 Å². The number of hydrogen-bond acceptors (Lipinski definition) is 5. The SMILES string of the molecule is O=C(OCCC(O)(O)O)C(I)(I)I. The second-order valence-electron chi connectivity index (χ2n) is 2.16. The summed E-state index contributed by atoms with van der Waals surface area (Å²) in [5, 5.41) is 25.3. The van der Waals surface area contributed by atoms with Crippen molar-refractivity contribution in [2.75, 3.05) is 6.61 Å². The molecule has 13 heavy (non-hydrogen) atoms. The number of ether oxygens (including phenoxy) is 1. The lowest BCUT2D eigenvalue weighted by Crippen LogP contribution is -2.30. The molecule has 0 heterocycles. The van der Waals surface area contributed by atoms with Gasteiger partial charge < -0.3 is 20.1 Å². The molecule has 5 nitrogen and oxygen atoms in total. The Morgan fingerprint density at radius 1 is 1.23 bits per heavy atom. The van der Waals surface area contributed by atoms with Crippen LogP contribution in [0.1, 0.15) is 6.42 Å². The molecule has 0 amide bonds. The Hall–Kier alpha value is 1.54. The van der Waals surface area contributed by atoms with Crippen molar-refractivity contribution in [1.82, 2.24) is 0 Å². The van der Waals surface area contributed by atoms with E-state index in [1.165, 1.54) is 0 Å². The van der Waals surface area contributed by atoms with Crippen LogP contribution in [0, 0.1) is 0 Å². The van der Waals surface area contributed by atoms with Crippen LogP contribution in [0.25, 0.3) is 0 Å². The highest BCUT2D eigenvalue weighted by Gasteiger charge is 2.30. The fourth-order valence-electron chi connectivity index (χ4n) is 0.362. The summed E-state index contributed by atoms with van der Waals surface area (Å²) < 4.78 is 3.93. The third-order valence-electron chi connectivity index (χ3n) is 0.902. The maximum absolute atomic E-state index is 11.1. The average molecular weight is 528 g/mol. The molecule has 0 fully saturated rings. The van der Waals surface area contributed by atoms with E-state index in [1.807, 2.05) is 67.8 Å². The lowest BCUT2D eigenvalue weighted by molar-refractivity contribution is -0.317. The number of alkyl halides is 3. The summed E-state index contributed by atoms with van der Waals surface area (Å²) in [5.74, 6) is -3.26. The van der Waals surface area contributed by atoms with Crippen molar-refractivity contribution >= 4 is 73.7 Å². The number of halogens is 3. The van der Waals surface area contributed by atoms with Crippen molar-refractivity contribution < 1.29 is 24.9 Å². The Labute approximate surface area is 116 Å². The van der Waals surface area contributed by atoms with Gasteiger partial charge in [-0.3, -0.25) is 0 Å². The van der Waals surface area contributed by atoms with Crippen LogP contribution in [0.4, 0.5) is 0 Å². The molecule has 0 aliphatic carbocycles. The van der Waals surface area contributed by atoms with Gasteiger partial charge in [0.1, 0.15) is 0 Å². The maximum Gasteiger partial charge on any atom is 0.342 e. The third kappa shape index (κ3) is 8.53. The van der Waals surface area contributed by atoms with E-state index >= 15 is 0 Å². The molecule has 0 saturated heterocycles. The largest absolute Gasteiger partial charge is 0.463 e.